The van der Waals surface area contributed by atoms with Gasteiger partial charge in [-0.2, -0.15) is 0 Å². The second kappa shape index (κ2) is 10.9. The van der Waals surface area contributed by atoms with E-state index in [0.717, 1.165) is 4.57 Å². The number of nitrogens with two attached hydrogens (primary N) is 2. The lowest BCUT2D eigenvalue weighted by atomic mass is 10.0. The molecule has 11 nitrogen and oxygen atoms in total. The van der Waals surface area contributed by atoms with Gasteiger partial charge in [0.1, 0.15) is 12.1 Å². The molecule has 0 aliphatic rings. The smallest absolute Gasteiger partial charge is 0.329 e. The maximum absolute atomic E-state index is 13.3. The Hall–Kier alpha value is -4.41. The summed E-state index contributed by atoms with van der Waals surface area (Å²) in [6.45, 7) is 0.194. The molecule has 3 aromatic rings. The number of aromatic nitrogens is 2. The molecule has 0 saturated carbocycles. The normalized spacial score (nSPS) is 12.6. The number of aliphatic imine (C=N–C) groups is 1. The summed E-state index contributed by atoms with van der Waals surface area (Å²) < 4.78 is 0.836. The fraction of sp³-hybridized carbons (Fsp3) is 0.261. The predicted octanol–water partition coefficient (Wildman–Crippen LogP) is 0.0966. The van der Waals surface area contributed by atoms with Crippen LogP contribution >= 0.6 is 0 Å². The number of nitrogens with zero attached hydrogens (tertiary/aromatic N) is 2. The number of aliphatic carboxylic acids is 1. The van der Waals surface area contributed by atoms with Gasteiger partial charge in [0.25, 0.3) is 5.56 Å². The third kappa shape index (κ3) is 5.88. The number of carboxylic acid groups (broad SMARTS) is 1. The summed E-state index contributed by atoms with van der Waals surface area (Å²) >= 11 is 0. The van der Waals surface area contributed by atoms with Crippen LogP contribution in [-0.2, 0) is 16.0 Å². The van der Waals surface area contributed by atoms with Gasteiger partial charge in [0.2, 0.25) is 5.91 Å². The Bertz CT molecular complexity index is 1310. The number of para-hydroxylation sites is 1. The van der Waals surface area contributed by atoms with Crippen LogP contribution in [0.3, 0.4) is 0 Å². The van der Waals surface area contributed by atoms with Gasteiger partial charge in [0.05, 0.1) is 10.9 Å². The zero-order valence-corrected chi connectivity index (χ0v) is 18.3. The molecule has 1 amide bonds. The molecule has 0 spiro atoms. The van der Waals surface area contributed by atoms with Gasteiger partial charge in [-0.25, -0.2) is 14.2 Å². The lowest BCUT2D eigenvalue weighted by molar-refractivity contribution is -0.142. The van der Waals surface area contributed by atoms with Crippen LogP contribution in [0.1, 0.15) is 24.4 Å². The average Bonchev–Trinajstić information content (AvgIpc) is 2.80. The van der Waals surface area contributed by atoms with Gasteiger partial charge < -0.3 is 26.9 Å². The van der Waals surface area contributed by atoms with Crippen LogP contribution in [0.25, 0.3) is 10.9 Å². The van der Waals surface area contributed by atoms with Gasteiger partial charge in [-0.05, 0) is 30.5 Å². The summed E-state index contributed by atoms with van der Waals surface area (Å²) in [4.78, 5) is 57.5. The minimum Gasteiger partial charge on any atom is -0.480 e. The van der Waals surface area contributed by atoms with Gasteiger partial charge in [-0.15, -0.1) is 0 Å². The molecule has 0 aliphatic heterocycles. The van der Waals surface area contributed by atoms with E-state index in [9.17, 15) is 24.3 Å². The quantitative estimate of drug-likeness (QED) is 0.159. The Morgan fingerprint density at radius 3 is 2.41 bits per heavy atom. The lowest BCUT2D eigenvalue weighted by Crippen LogP contribution is -2.49. The molecule has 0 radical (unpaired) electrons. The molecule has 0 fully saturated rings. The van der Waals surface area contributed by atoms with Crippen LogP contribution in [-0.4, -0.2) is 45.1 Å². The van der Waals surface area contributed by atoms with E-state index in [1.807, 2.05) is 0 Å². The van der Waals surface area contributed by atoms with Crippen molar-refractivity contribution in [2.75, 3.05) is 6.54 Å². The third-order valence-corrected chi connectivity index (χ3v) is 5.28. The monoisotopic (exact) mass is 466 g/mol. The molecule has 178 valence electrons. The number of fused-ring (bicyclic) bond motifs is 1. The molecule has 34 heavy (non-hydrogen) atoms. The summed E-state index contributed by atoms with van der Waals surface area (Å²) in [5, 5.41) is 12.3. The van der Waals surface area contributed by atoms with E-state index in [-0.39, 0.29) is 30.7 Å². The molecule has 1 aromatic heterocycles. The van der Waals surface area contributed by atoms with E-state index in [1.165, 1.54) is 0 Å². The summed E-state index contributed by atoms with van der Waals surface area (Å²) in [6, 6.07) is 12.8. The van der Waals surface area contributed by atoms with Crippen molar-refractivity contribution in [3.63, 3.8) is 0 Å². The first kappa shape index (κ1) is 24.2. The number of hydrogen-bond acceptors (Lipinski definition) is 5. The largest absolute Gasteiger partial charge is 0.480 e. The maximum atomic E-state index is 13.3. The first-order chi connectivity index (χ1) is 16.3. The van der Waals surface area contributed by atoms with Gasteiger partial charge in [-0.1, -0.05) is 42.5 Å². The fourth-order valence-corrected chi connectivity index (χ4v) is 3.63. The van der Waals surface area contributed by atoms with Crippen molar-refractivity contribution >= 4 is 28.7 Å². The number of benzene rings is 2. The van der Waals surface area contributed by atoms with Crippen molar-refractivity contribution in [3.05, 3.63) is 81.0 Å². The molecule has 2 atom stereocenters. The molecular formula is C23H26N6O5. The van der Waals surface area contributed by atoms with Gasteiger partial charge >= 0.3 is 11.7 Å². The Balaban J connectivity index is 1.96. The molecule has 1 heterocycles. The summed E-state index contributed by atoms with van der Waals surface area (Å²) in [7, 11) is 0. The van der Waals surface area contributed by atoms with Gasteiger partial charge in [0, 0.05) is 13.0 Å². The lowest BCUT2D eigenvalue weighted by Gasteiger charge is -2.22. The van der Waals surface area contributed by atoms with Crippen molar-refractivity contribution in [2.24, 2.45) is 16.5 Å². The van der Waals surface area contributed by atoms with Crippen LogP contribution in [0.2, 0.25) is 0 Å². The molecule has 0 aliphatic carbocycles. The van der Waals surface area contributed by atoms with E-state index in [1.54, 1.807) is 54.6 Å². The summed E-state index contributed by atoms with van der Waals surface area (Å²) in [6.07, 6.45) is 0.363. The van der Waals surface area contributed by atoms with Gasteiger partial charge in [-0.3, -0.25) is 14.6 Å². The molecule has 0 saturated heterocycles. The minimum atomic E-state index is -1.28. The first-order valence-corrected chi connectivity index (χ1v) is 10.6. The first-order valence-electron chi connectivity index (χ1n) is 10.6. The number of guanidine groups is 1. The van der Waals surface area contributed by atoms with Crippen LogP contribution in [0.15, 0.2) is 69.2 Å². The number of hydrogen-bond donors (Lipinski definition) is 5. The third-order valence-electron chi connectivity index (χ3n) is 5.28. The molecular weight excluding hydrogens is 440 g/mol. The fourth-order valence-electron chi connectivity index (χ4n) is 3.63. The Kier molecular flexibility index (Phi) is 7.80. The van der Waals surface area contributed by atoms with E-state index in [2.05, 4.69) is 15.3 Å². The van der Waals surface area contributed by atoms with Gasteiger partial charge in [0.15, 0.2) is 5.96 Å². The molecule has 7 N–H and O–H groups in total. The molecule has 2 unspecified atom stereocenters. The number of nitrogens with one attached hydrogen (secondary N) is 2. The SMILES string of the molecule is NC(N)=NCCCC(NC(=O)C(Cc1ccccc1)n1c(=O)[nH]c2ccccc2c1=O)C(=O)O. The van der Waals surface area contributed by atoms with E-state index in [4.69, 9.17) is 11.5 Å². The Morgan fingerprint density at radius 1 is 1.06 bits per heavy atom. The highest BCUT2D eigenvalue weighted by molar-refractivity contribution is 5.86. The number of H-pyrrole nitrogens is 1. The maximum Gasteiger partial charge on any atom is 0.329 e. The molecule has 0 bridgehead atoms. The predicted molar refractivity (Wildman–Crippen MR) is 127 cm³/mol. The second-order valence-corrected chi connectivity index (χ2v) is 7.70. The highest BCUT2D eigenvalue weighted by Crippen LogP contribution is 2.14. The number of carbonyl (C=O) groups excluding carboxylic acids is 1. The zero-order valence-electron chi connectivity index (χ0n) is 18.3. The van der Waals surface area contributed by atoms with Crippen LogP contribution in [0.4, 0.5) is 0 Å². The average molecular weight is 466 g/mol. The zero-order chi connectivity index (χ0) is 24.7. The Morgan fingerprint density at radius 2 is 1.74 bits per heavy atom. The van der Waals surface area contributed by atoms with E-state index in [0.29, 0.717) is 17.5 Å². The van der Waals surface area contributed by atoms with Crippen molar-refractivity contribution in [1.29, 1.82) is 0 Å². The molecule has 2 aromatic carbocycles. The molecule has 3 rings (SSSR count). The highest BCUT2D eigenvalue weighted by Gasteiger charge is 2.29. The number of carbonyl (C=O) groups is 2. The minimum absolute atomic E-state index is 0.00827. The van der Waals surface area contributed by atoms with Crippen molar-refractivity contribution in [2.45, 2.75) is 31.3 Å². The number of carboxylic acids is 1. The van der Waals surface area contributed by atoms with Crippen molar-refractivity contribution in [1.82, 2.24) is 14.9 Å². The molecule has 11 heteroatoms. The van der Waals surface area contributed by atoms with Crippen LogP contribution in [0, 0.1) is 0 Å². The number of aromatic amines is 1. The summed E-state index contributed by atoms with van der Waals surface area (Å²) in [5.41, 5.74) is 10.2. The number of amides is 1. The van der Waals surface area contributed by atoms with E-state index < -0.39 is 35.2 Å². The number of rotatable bonds is 10. The van der Waals surface area contributed by atoms with Crippen molar-refractivity contribution < 1.29 is 14.7 Å². The topological polar surface area (TPSA) is 186 Å². The van der Waals surface area contributed by atoms with E-state index >= 15 is 0 Å². The standard InChI is InChI=1S/C23H26N6O5/c24-22(25)26-12-6-11-17(21(32)33)27-19(30)18(13-14-7-2-1-3-8-14)29-20(31)15-9-4-5-10-16(15)28-23(29)34/h1-5,7-10,17-18H,6,11-13H2,(H,27,30)(H,28,34)(H,32,33)(H4,24,25,26). The summed E-state index contributed by atoms with van der Waals surface area (Å²) in [5.74, 6) is -2.13. The Labute approximate surface area is 194 Å². The van der Waals surface area contributed by atoms with Crippen LogP contribution < -0.4 is 28.0 Å². The second-order valence-electron chi connectivity index (χ2n) is 7.70. The van der Waals surface area contributed by atoms with Crippen LogP contribution in [0.5, 0.6) is 0 Å². The van der Waals surface area contributed by atoms with Crippen molar-refractivity contribution in [3.8, 4) is 0 Å². The highest BCUT2D eigenvalue weighted by atomic mass is 16.4.